The molecule has 2 aliphatic heterocycles. The SMILES string of the molecule is C[C@H]1CC(C(=O)C2(C)CC2)C(=O)N(C(=O)OC(C)(C)C)C1.C[C@H]1CCC(=O)N(C(=O)OC(C)(C)C)C1. The van der Waals surface area contributed by atoms with Gasteiger partial charge in [-0.05, 0) is 79.1 Å². The number of carbonyl (C=O) groups excluding carboxylic acids is 5. The molecule has 1 unspecified atom stereocenters. The highest BCUT2D eigenvalue weighted by atomic mass is 16.6. The van der Waals surface area contributed by atoms with Crippen LogP contribution in [-0.2, 0) is 23.9 Å². The lowest BCUT2D eigenvalue weighted by Crippen LogP contribution is -2.52. The van der Waals surface area contributed by atoms with E-state index in [4.69, 9.17) is 9.47 Å². The van der Waals surface area contributed by atoms with Gasteiger partial charge in [0.1, 0.15) is 11.2 Å². The number of nitrogens with zero attached hydrogens (tertiary/aromatic N) is 2. The van der Waals surface area contributed by atoms with Crippen molar-refractivity contribution in [3.63, 3.8) is 0 Å². The van der Waals surface area contributed by atoms with Crippen molar-refractivity contribution in [2.45, 2.75) is 106 Å². The Kier molecular flexibility index (Phi) is 9.01. The summed E-state index contributed by atoms with van der Waals surface area (Å²) in [6.07, 6.45) is 2.37. The van der Waals surface area contributed by atoms with Gasteiger partial charge in [0.15, 0.2) is 5.78 Å². The standard InChI is InChI=1S/C16H25NO4.C11H19NO3/c1-10-8-11(12(18)16(5)6-7-16)13(19)17(9-10)14(20)21-15(2,3)4;1-8-5-6-9(13)12(7-8)10(14)15-11(2,3)4/h10-11H,6-9H2,1-5H3;8H,5-7H2,1-4H3/t10-,11?;8-/m00/s1. The zero-order chi connectivity index (χ0) is 27.6. The molecule has 2 saturated heterocycles. The van der Waals surface area contributed by atoms with E-state index in [1.54, 1.807) is 41.5 Å². The van der Waals surface area contributed by atoms with Crippen LogP contribution in [-0.4, -0.2) is 63.9 Å². The van der Waals surface area contributed by atoms with E-state index in [0.29, 0.717) is 31.8 Å². The second kappa shape index (κ2) is 10.9. The molecular formula is C27H44N2O7. The summed E-state index contributed by atoms with van der Waals surface area (Å²) in [5.41, 5.74) is -1.55. The van der Waals surface area contributed by atoms with E-state index in [2.05, 4.69) is 0 Å². The monoisotopic (exact) mass is 508 g/mol. The average Bonchev–Trinajstić information content (AvgIpc) is 3.47. The number of hydrogen-bond donors (Lipinski definition) is 0. The normalized spacial score (nSPS) is 26.0. The number of carbonyl (C=O) groups is 5. The van der Waals surface area contributed by atoms with E-state index in [0.717, 1.165) is 24.2 Å². The molecule has 0 spiro atoms. The molecule has 0 aromatic carbocycles. The van der Waals surface area contributed by atoms with E-state index in [9.17, 15) is 24.0 Å². The maximum atomic E-state index is 12.5. The molecule has 0 bridgehead atoms. The first kappa shape index (κ1) is 29.8. The van der Waals surface area contributed by atoms with Crippen LogP contribution in [0.5, 0.6) is 0 Å². The van der Waals surface area contributed by atoms with Crippen LogP contribution in [0.2, 0.25) is 0 Å². The van der Waals surface area contributed by atoms with Crippen LogP contribution >= 0.6 is 0 Å². The zero-order valence-corrected chi connectivity index (χ0v) is 23.4. The van der Waals surface area contributed by atoms with Gasteiger partial charge in [-0.15, -0.1) is 0 Å². The fourth-order valence-corrected chi connectivity index (χ4v) is 4.23. The Morgan fingerprint density at radius 2 is 1.31 bits per heavy atom. The number of ketones is 1. The molecule has 0 radical (unpaired) electrons. The molecule has 1 saturated carbocycles. The molecule has 3 fully saturated rings. The minimum absolute atomic E-state index is 0.00684. The van der Waals surface area contributed by atoms with Gasteiger partial charge in [-0.3, -0.25) is 14.4 Å². The molecule has 4 amide bonds. The Labute approximate surface area is 215 Å². The quantitative estimate of drug-likeness (QED) is 0.485. The summed E-state index contributed by atoms with van der Waals surface area (Å²) in [5.74, 6) is -0.717. The average molecular weight is 509 g/mol. The summed E-state index contributed by atoms with van der Waals surface area (Å²) in [4.78, 5) is 62.7. The third kappa shape index (κ3) is 8.30. The number of amides is 4. The third-order valence-corrected chi connectivity index (χ3v) is 6.48. The van der Waals surface area contributed by atoms with E-state index in [1.165, 1.54) is 4.90 Å². The molecule has 1 aliphatic carbocycles. The van der Waals surface area contributed by atoms with Gasteiger partial charge in [0, 0.05) is 24.9 Å². The minimum Gasteiger partial charge on any atom is -0.443 e. The summed E-state index contributed by atoms with van der Waals surface area (Å²) in [7, 11) is 0. The van der Waals surface area contributed by atoms with Crippen molar-refractivity contribution < 1.29 is 33.4 Å². The molecule has 3 aliphatic rings. The van der Waals surface area contributed by atoms with Crippen LogP contribution in [0.15, 0.2) is 0 Å². The molecule has 36 heavy (non-hydrogen) atoms. The third-order valence-electron chi connectivity index (χ3n) is 6.48. The summed E-state index contributed by atoms with van der Waals surface area (Å²) >= 11 is 0. The number of hydrogen-bond acceptors (Lipinski definition) is 7. The first-order valence-corrected chi connectivity index (χ1v) is 12.9. The number of imide groups is 2. The second-order valence-electron chi connectivity index (χ2n) is 12.9. The summed E-state index contributed by atoms with van der Waals surface area (Å²) in [5, 5.41) is 0. The van der Waals surface area contributed by atoms with Gasteiger partial charge < -0.3 is 9.47 Å². The molecule has 0 N–H and O–H groups in total. The van der Waals surface area contributed by atoms with Crippen molar-refractivity contribution in [1.82, 2.24) is 9.80 Å². The Bertz CT molecular complexity index is 880. The van der Waals surface area contributed by atoms with Crippen LogP contribution in [0.4, 0.5) is 9.59 Å². The molecular weight excluding hydrogens is 464 g/mol. The molecule has 204 valence electrons. The van der Waals surface area contributed by atoms with Gasteiger partial charge in [-0.25, -0.2) is 19.4 Å². The van der Waals surface area contributed by atoms with Gasteiger partial charge in [-0.1, -0.05) is 20.8 Å². The van der Waals surface area contributed by atoms with Crippen molar-refractivity contribution in [2.24, 2.45) is 23.2 Å². The summed E-state index contributed by atoms with van der Waals surface area (Å²) in [6, 6.07) is 0. The Hall–Kier alpha value is -2.45. The minimum atomic E-state index is -0.686. The smallest absolute Gasteiger partial charge is 0.417 e. The molecule has 3 rings (SSSR count). The molecule has 0 aromatic rings. The molecule has 9 nitrogen and oxygen atoms in total. The fourth-order valence-electron chi connectivity index (χ4n) is 4.23. The van der Waals surface area contributed by atoms with E-state index < -0.39 is 29.3 Å². The lowest BCUT2D eigenvalue weighted by atomic mass is 9.81. The van der Waals surface area contributed by atoms with Crippen LogP contribution in [0.3, 0.4) is 0 Å². The number of likely N-dealkylation sites (tertiary alicyclic amines) is 2. The van der Waals surface area contributed by atoms with Crippen LogP contribution in [0, 0.1) is 23.2 Å². The number of piperidine rings is 2. The zero-order valence-electron chi connectivity index (χ0n) is 23.4. The van der Waals surface area contributed by atoms with Crippen molar-refractivity contribution in [3.05, 3.63) is 0 Å². The molecule has 0 aromatic heterocycles. The predicted octanol–water partition coefficient (Wildman–Crippen LogP) is 4.96. The topological polar surface area (TPSA) is 110 Å². The fraction of sp³-hybridized carbons (Fsp3) is 0.815. The highest BCUT2D eigenvalue weighted by molar-refractivity contribution is 6.09. The maximum absolute atomic E-state index is 12.5. The second-order valence-corrected chi connectivity index (χ2v) is 12.9. The van der Waals surface area contributed by atoms with Crippen molar-refractivity contribution in [3.8, 4) is 0 Å². The molecule has 2 heterocycles. The van der Waals surface area contributed by atoms with Gasteiger partial charge in [0.25, 0.3) is 0 Å². The predicted molar refractivity (Wildman–Crippen MR) is 134 cm³/mol. The number of Topliss-reactive ketones (excluding diaryl/α,β-unsaturated/α-hetero) is 1. The maximum Gasteiger partial charge on any atom is 0.417 e. The number of rotatable bonds is 2. The van der Waals surface area contributed by atoms with Gasteiger partial charge in [0.05, 0.1) is 5.92 Å². The van der Waals surface area contributed by atoms with Crippen LogP contribution in [0.25, 0.3) is 0 Å². The summed E-state index contributed by atoms with van der Waals surface area (Å²) < 4.78 is 10.4. The van der Waals surface area contributed by atoms with Gasteiger partial charge in [0.2, 0.25) is 11.8 Å². The lowest BCUT2D eigenvalue weighted by molar-refractivity contribution is -0.146. The van der Waals surface area contributed by atoms with Gasteiger partial charge in [-0.2, -0.15) is 0 Å². The van der Waals surface area contributed by atoms with Crippen molar-refractivity contribution in [1.29, 1.82) is 0 Å². The van der Waals surface area contributed by atoms with Crippen LogP contribution < -0.4 is 0 Å². The lowest BCUT2D eigenvalue weighted by Gasteiger charge is -2.35. The van der Waals surface area contributed by atoms with E-state index in [-0.39, 0.29) is 28.9 Å². The Balaban J connectivity index is 0.000000269. The highest BCUT2D eigenvalue weighted by Gasteiger charge is 2.52. The summed E-state index contributed by atoms with van der Waals surface area (Å²) in [6.45, 7) is 17.4. The van der Waals surface area contributed by atoms with Crippen molar-refractivity contribution in [2.75, 3.05) is 13.1 Å². The molecule has 9 heteroatoms. The Morgan fingerprint density at radius 3 is 1.78 bits per heavy atom. The van der Waals surface area contributed by atoms with Gasteiger partial charge >= 0.3 is 12.2 Å². The first-order valence-electron chi connectivity index (χ1n) is 12.9. The number of ether oxygens (including phenoxy) is 2. The molecule has 3 atom stereocenters. The van der Waals surface area contributed by atoms with E-state index in [1.807, 2.05) is 20.8 Å². The van der Waals surface area contributed by atoms with Crippen LogP contribution in [0.1, 0.15) is 94.4 Å². The first-order chi connectivity index (χ1) is 16.3. The van der Waals surface area contributed by atoms with Crippen molar-refractivity contribution >= 4 is 29.8 Å². The Morgan fingerprint density at radius 1 is 0.833 bits per heavy atom. The van der Waals surface area contributed by atoms with E-state index >= 15 is 0 Å². The largest absolute Gasteiger partial charge is 0.443 e. The highest BCUT2D eigenvalue weighted by Crippen LogP contribution is 2.49.